The molecule has 3 aromatic carbocycles. The van der Waals surface area contributed by atoms with E-state index in [4.69, 9.17) is 0 Å². The topological polar surface area (TPSA) is 57.7 Å². The van der Waals surface area contributed by atoms with Gasteiger partial charge in [-0.1, -0.05) is 60.2 Å². The zero-order valence-electron chi connectivity index (χ0n) is 19.1. The van der Waals surface area contributed by atoms with Crippen molar-refractivity contribution in [3.05, 3.63) is 83.9 Å². The number of rotatable bonds is 8. The summed E-state index contributed by atoms with van der Waals surface area (Å²) in [6.45, 7) is 8.47. The minimum atomic E-state index is -4.02. The van der Waals surface area contributed by atoms with E-state index in [-0.39, 0.29) is 17.3 Å². The molecular formula is C26H30N2O3S. The van der Waals surface area contributed by atoms with Gasteiger partial charge in [-0.2, -0.15) is 0 Å². The van der Waals surface area contributed by atoms with Crippen LogP contribution in [0.1, 0.15) is 25.0 Å². The molecular weight excluding hydrogens is 420 g/mol. The summed E-state index contributed by atoms with van der Waals surface area (Å²) in [5, 5.41) is 0. The van der Waals surface area contributed by atoms with Gasteiger partial charge in [0.2, 0.25) is 5.91 Å². The third-order valence-electron chi connectivity index (χ3n) is 5.61. The number of amides is 1. The quantitative estimate of drug-likeness (QED) is 0.483. The predicted molar refractivity (Wildman–Crippen MR) is 130 cm³/mol. The maximum absolute atomic E-state index is 14.0. The molecule has 0 atom stereocenters. The van der Waals surface area contributed by atoms with Crippen molar-refractivity contribution in [3.8, 4) is 11.1 Å². The highest BCUT2D eigenvalue weighted by atomic mass is 32.2. The zero-order valence-corrected chi connectivity index (χ0v) is 19.9. The van der Waals surface area contributed by atoms with Crippen LogP contribution in [0.2, 0.25) is 0 Å². The van der Waals surface area contributed by atoms with Gasteiger partial charge in [0.15, 0.2) is 0 Å². The minimum Gasteiger partial charge on any atom is -0.342 e. The smallest absolute Gasteiger partial charge is 0.265 e. The van der Waals surface area contributed by atoms with Crippen LogP contribution in [0.5, 0.6) is 0 Å². The Morgan fingerprint density at radius 3 is 1.94 bits per heavy atom. The lowest BCUT2D eigenvalue weighted by Crippen LogP contribution is -2.43. The van der Waals surface area contributed by atoms with E-state index in [0.29, 0.717) is 24.3 Å². The van der Waals surface area contributed by atoms with Crippen molar-refractivity contribution in [1.82, 2.24) is 4.90 Å². The Balaban J connectivity index is 2.16. The molecule has 0 unspecified atom stereocenters. The molecule has 32 heavy (non-hydrogen) atoms. The van der Waals surface area contributed by atoms with Crippen molar-refractivity contribution in [2.45, 2.75) is 32.6 Å². The van der Waals surface area contributed by atoms with Crippen LogP contribution in [0.25, 0.3) is 11.1 Å². The summed E-state index contributed by atoms with van der Waals surface area (Å²) in [6, 6.07) is 21.9. The average Bonchev–Trinajstić information content (AvgIpc) is 2.79. The lowest BCUT2D eigenvalue weighted by atomic mass is 10.0. The molecule has 0 aliphatic rings. The first-order valence-electron chi connectivity index (χ1n) is 10.8. The fraction of sp³-hybridized carbons (Fsp3) is 0.269. The first-order chi connectivity index (χ1) is 15.3. The Kier molecular flexibility index (Phi) is 7.36. The minimum absolute atomic E-state index is 0.183. The summed E-state index contributed by atoms with van der Waals surface area (Å²) in [6.07, 6.45) is 0. The Labute approximate surface area is 191 Å². The van der Waals surface area contributed by atoms with Crippen LogP contribution in [-0.2, 0) is 14.8 Å². The van der Waals surface area contributed by atoms with E-state index in [2.05, 4.69) is 0 Å². The maximum atomic E-state index is 14.0. The molecule has 3 aromatic rings. The second-order valence-corrected chi connectivity index (χ2v) is 9.56. The van der Waals surface area contributed by atoms with E-state index in [1.54, 1.807) is 29.2 Å². The van der Waals surface area contributed by atoms with Gasteiger partial charge in [0.25, 0.3) is 10.0 Å². The Morgan fingerprint density at radius 1 is 0.781 bits per heavy atom. The predicted octanol–water partition coefficient (Wildman–Crippen LogP) is 5.03. The first-order valence-corrected chi connectivity index (χ1v) is 12.3. The van der Waals surface area contributed by atoms with Gasteiger partial charge in [-0.25, -0.2) is 8.42 Å². The van der Waals surface area contributed by atoms with Gasteiger partial charge in [-0.3, -0.25) is 9.10 Å². The number of anilines is 1. The van der Waals surface area contributed by atoms with E-state index in [0.717, 1.165) is 16.7 Å². The molecule has 3 rings (SSSR count). The van der Waals surface area contributed by atoms with Gasteiger partial charge in [-0.15, -0.1) is 0 Å². The highest BCUT2D eigenvalue weighted by molar-refractivity contribution is 7.93. The van der Waals surface area contributed by atoms with Crippen LogP contribution in [0.4, 0.5) is 5.69 Å². The summed E-state index contributed by atoms with van der Waals surface area (Å²) in [7, 11) is -4.02. The first kappa shape index (κ1) is 23.5. The summed E-state index contributed by atoms with van der Waals surface area (Å²) in [4.78, 5) is 14.8. The molecule has 1 amide bonds. The molecule has 0 aliphatic carbocycles. The molecule has 0 N–H and O–H groups in total. The Bertz CT molecular complexity index is 1180. The number of benzene rings is 3. The standard InChI is InChI=1S/C26H30N2O3S/c1-5-27(6-2)26(29)19-28(22-17-15-20(3)16-18-22)32(30,31)25-14-10-9-13-24(25)23-12-8-7-11-21(23)4/h7-18H,5-6,19H2,1-4H3. The molecule has 5 nitrogen and oxygen atoms in total. The molecule has 0 radical (unpaired) electrons. The molecule has 0 heterocycles. The second-order valence-electron chi connectivity index (χ2n) is 7.72. The lowest BCUT2D eigenvalue weighted by Gasteiger charge is -2.28. The van der Waals surface area contributed by atoms with Gasteiger partial charge >= 0.3 is 0 Å². The van der Waals surface area contributed by atoms with Crippen LogP contribution >= 0.6 is 0 Å². The third kappa shape index (κ3) is 4.86. The normalized spacial score (nSPS) is 11.2. The van der Waals surface area contributed by atoms with Crippen LogP contribution < -0.4 is 4.31 Å². The number of carbonyl (C=O) groups excluding carboxylic acids is 1. The average molecular weight is 451 g/mol. The SMILES string of the molecule is CCN(CC)C(=O)CN(c1ccc(C)cc1)S(=O)(=O)c1ccccc1-c1ccccc1C. The summed E-state index contributed by atoms with van der Waals surface area (Å²) < 4.78 is 29.3. The van der Waals surface area contributed by atoms with Crippen LogP contribution in [-0.4, -0.2) is 38.9 Å². The van der Waals surface area contributed by atoms with Crippen LogP contribution in [0, 0.1) is 13.8 Å². The largest absolute Gasteiger partial charge is 0.342 e. The molecule has 0 fully saturated rings. The number of hydrogen-bond donors (Lipinski definition) is 0. The van der Waals surface area contributed by atoms with Gasteiger partial charge in [0.05, 0.1) is 10.6 Å². The summed E-state index contributed by atoms with van der Waals surface area (Å²) >= 11 is 0. The van der Waals surface area contributed by atoms with Crippen molar-refractivity contribution in [1.29, 1.82) is 0 Å². The Morgan fingerprint density at radius 2 is 1.34 bits per heavy atom. The number of carbonyl (C=O) groups is 1. The van der Waals surface area contributed by atoms with Crippen LogP contribution in [0.15, 0.2) is 77.7 Å². The van der Waals surface area contributed by atoms with Crippen molar-refractivity contribution < 1.29 is 13.2 Å². The molecule has 0 aliphatic heterocycles. The fourth-order valence-corrected chi connectivity index (χ4v) is 5.36. The van der Waals surface area contributed by atoms with E-state index in [1.807, 2.05) is 76.2 Å². The van der Waals surface area contributed by atoms with Crippen molar-refractivity contribution in [2.75, 3.05) is 23.9 Å². The van der Waals surface area contributed by atoms with Gasteiger partial charge in [0, 0.05) is 18.7 Å². The number of aryl methyl sites for hydroxylation is 2. The maximum Gasteiger partial charge on any atom is 0.265 e. The monoisotopic (exact) mass is 450 g/mol. The van der Waals surface area contributed by atoms with E-state index in [9.17, 15) is 13.2 Å². The van der Waals surface area contributed by atoms with Crippen molar-refractivity contribution >= 4 is 21.6 Å². The van der Waals surface area contributed by atoms with E-state index < -0.39 is 10.0 Å². The molecule has 168 valence electrons. The van der Waals surface area contributed by atoms with E-state index >= 15 is 0 Å². The zero-order chi connectivity index (χ0) is 23.3. The molecule has 0 saturated carbocycles. The third-order valence-corrected chi connectivity index (χ3v) is 7.44. The number of sulfonamides is 1. The number of nitrogens with zero attached hydrogens (tertiary/aromatic N) is 2. The Hall–Kier alpha value is -3.12. The number of hydrogen-bond acceptors (Lipinski definition) is 3. The molecule has 6 heteroatoms. The van der Waals surface area contributed by atoms with Gasteiger partial charge < -0.3 is 4.90 Å². The molecule has 0 bridgehead atoms. The van der Waals surface area contributed by atoms with Crippen molar-refractivity contribution in [2.24, 2.45) is 0 Å². The van der Waals surface area contributed by atoms with Crippen LogP contribution in [0.3, 0.4) is 0 Å². The number of likely N-dealkylation sites (N-methyl/N-ethyl adjacent to an activating group) is 1. The van der Waals surface area contributed by atoms with Crippen molar-refractivity contribution in [3.63, 3.8) is 0 Å². The van der Waals surface area contributed by atoms with Gasteiger partial charge in [-0.05, 0) is 57.0 Å². The molecule has 0 saturated heterocycles. The molecule has 0 aromatic heterocycles. The van der Waals surface area contributed by atoms with Gasteiger partial charge in [0.1, 0.15) is 6.54 Å². The highest BCUT2D eigenvalue weighted by Crippen LogP contribution is 2.33. The highest BCUT2D eigenvalue weighted by Gasteiger charge is 2.30. The second kappa shape index (κ2) is 10.0. The lowest BCUT2D eigenvalue weighted by molar-refractivity contribution is -0.129. The summed E-state index contributed by atoms with van der Waals surface area (Å²) in [5.41, 5.74) is 3.94. The fourth-order valence-electron chi connectivity index (χ4n) is 3.73. The molecule has 0 spiro atoms. The van der Waals surface area contributed by atoms with E-state index in [1.165, 1.54) is 4.31 Å². The summed E-state index contributed by atoms with van der Waals surface area (Å²) in [5.74, 6) is -0.229.